The molecule has 1 saturated heterocycles. The molecule has 2 fully saturated rings. The van der Waals surface area contributed by atoms with Crippen molar-refractivity contribution >= 4 is 10.0 Å². The first-order chi connectivity index (χ1) is 16.7. The zero-order valence-electron chi connectivity index (χ0n) is 19.9. The number of nitro groups is 1. The van der Waals surface area contributed by atoms with Crippen LogP contribution in [0.4, 0.5) is 0 Å². The molecule has 1 saturated carbocycles. The first-order valence-corrected chi connectivity index (χ1v) is 13.8. The van der Waals surface area contributed by atoms with Crippen LogP contribution < -0.4 is 5.14 Å². The normalized spacial score (nSPS) is 24.9. The molecule has 35 heavy (non-hydrogen) atoms. The van der Waals surface area contributed by atoms with Crippen LogP contribution in [0.5, 0.6) is 0 Å². The van der Waals surface area contributed by atoms with Gasteiger partial charge in [0.1, 0.15) is 0 Å². The summed E-state index contributed by atoms with van der Waals surface area (Å²) in [4.78, 5) is 11.4. The minimum absolute atomic E-state index is 0.0972. The highest BCUT2D eigenvalue weighted by Crippen LogP contribution is 2.45. The molecule has 1 aliphatic carbocycles. The lowest BCUT2D eigenvalue weighted by Crippen LogP contribution is -2.27. The maximum Gasteiger partial charge on any atom is 0.238 e. The van der Waals surface area contributed by atoms with E-state index in [2.05, 4.69) is 24.3 Å². The van der Waals surface area contributed by atoms with Crippen LogP contribution >= 0.6 is 0 Å². The van der Waals surface area contributed by atoms with Gasteiger partial charge in [-0.3, -0.25) is 10.1 Å². The molecule has 2 aromatic carbocycles. The van der Waals surface area contributed by atoms with E-state index >= 15 is 0 Å². The van der Waals surface area contributed by atoms with Crippen LogP contribution in [0.3, 0.4) is 0 Å². The quantitative estimate of drug-likeness (QED) is 0.387. The van der Waals surface area contributed by atoms with E-state index in [-0.39, 0.29) is 16.1 Å². The van der Waals surface area contributed by atoms with Crippen LogP contribution in [0, 0.1) is 15.5 Å². The predicted octanol–water partition coefficient (Wildman–Crippen LogP) is 4.02. The van der Waals surface area contributed by atoms with E-state index < -0.39 is 21.5 Å². The highest BCUT2D eigenvalue weighted by Gasteiger charge is 2.45. The third-order valence-corrected chi connectivity index (χ3v) is 8.27. The Labute approximate surface area is 207 Å². The molecule has 3 unspecified atom stereocenters. The third kappa shape index (κ3) is 6.88. The predicted molar refractivity (Wildman–Crippen MR) is 132 cm³/mol. The topological polar surface area (TPSA) is 122 Å². The smallest absolute Gasteiger partial charge is 0.238 e. The van der Waals surface area contributed by atoms with Gasteiger partial charge in [0, 0.05) is 24.4 Å². The Kier molecular flexibility index (Phi) is 8.21. The summed E-state index contributed by atoms with van der Waals surface area (Å²) in [6, 6.07) is 14.4. The molecular weight excluding hydrogens is 468 g/mol. The van der Waals surface area contributed by atoms with Gasteiger partial charge in [-0.25, -0.2) is 13.6 Å². The highest BCUT2D eigenvalue weighted by atomic mass is 32.2. The van der Waals surface area contributed by atoms with Crippen LogP contribution in [-0.4, -0.2) is 38.9 Å². The van der Waals surface area contributed by atoms with Gasteiger partial charge in [-0.2, -0.15) is 0 Å². The molecule has 0 amide bonds. The van der Waals surface area contributed by atoms with Crippen molar-refractivity contribution in [3.05, 3.63) is 75.3 Å². The Morgan fingerprint density at radius 3 is 2.46 bits per heavy atom. The number of hydrogen-bond acceptors (Lipinski definition) is 6. The van der Waals surface area contributed by atoms with E-state index in [9.17, 15) is 18.5 Å². The fourth-order valence-corrected chi connectivity index (χ4v) is 6.25. The van der Waals surface area contributed by atoms with Crippen molar-refractivity contribution in [3.8, 4) is 0 Å². The lowest BCUT2D eigenvalue weighted by molar-refractivity contribution is -0.521. The minimum atomic E-state index is -3.88. The Balaban J connectivity index is 1.46. The first-order valence-electron chi connectivity index (χ1n) is 12.3. The van der Waals surface area contributed by atoms with Crippen molar-refractivity contribution in [1.82, 2.24) is 0 Å². The molecule has 1 aliphatic heterocycles. The van der Waals surface area contributed by atoms with Gasteiger partial charge in [0.2, 0.25) is 16.1 Å². The van der Waals surface area contributed by atoms with Crippen LogP contribution in [-0.2, 0) is 38.8 Å². The molecule has 1 heterocycles. The number of nitrogens with zero attached hydrogens (tertiary/aromatic N) is 1. The molecule has 0 radical (unpaired) electrons. The van der Waals surface area contributed by atoms with Gasteiger partial charge in [0.05, 0.1) is 11.5 Å². The van der Waals surface area contributed by atoms with Crippen molar-refractivity contribution in [1.29, 1.82) is 0 Å². The van der Waals surface area contributed by atoms with E-state index in [1.807, 2.05) is 0 Å². The summed E-state index contributed by atoms with van der Waals surface area (Å²) in [5.74, 6) is 0. The average Bonchev–Trinajstić information content (AvgIpc) is 3.24. The van der Waals surface area contributed by atoms with Crippen molar-refractivity contribution < 1.29 is 22.8 Å². The van der Waals surface area contributed by atoms with E-state index in [0.29, 0.717) is 44.3 Å². The monoisotopic (exact) mass is 502 g/mol. The summed E-state index contributed by atoms with van der Waals surface area (Å²) in [5, 5.41) is 17.0. The zero-order valence-corrected chi connectivity index (χ0v) is 20.8. The van der Waals surface area contributed by atoms with E-state index in [4.69, 9.17) is 14.6 Å². The maximum absolute atomic E-state index is 12.1. The Morgan fingerprint density at radius 2 is 1.80 bits per heavy atom. The molecule has 190 valence electrons. The number of benzene rings is 2. The number of ether oxygens (including phenoxy) is 2. The van der Waals surface area contributed by atoms with Crippen LogP contribution in [0.2, 0.25) is 0 Å². The number of sulfonamides is 1. The zero-order chi connectivity index (χ0) is 24.9. The lowest BCUT2D eigenvalue weighted by Gasteiger charge is -2.30. The van der Waals surface area contributed by atoms with Crippen molar-refractivity contribution in [2.75, 3.05) is 13.2 Å². The molecule has 9 heteroatoms. The Morgan fingerprint density at radius 1 is 1.06 bits per heavy atom. The van der Waals surface area contributed by atoms with Gasteiger partial charge in [-0.1, -0.05) is 42.5 Å². The van der Waals surface area contributed by atoms with Crippen LogP contribution in [0.15, 0.2) is 53.4 Å². The van der Waals surface area contributed by atoms with E-state index in [0.717, 1.165) is 43.4 Å². The summed E-state index contributed by atoms with van der Waals surface area (Å²) in [6.07, 6.45) is 6.51. The van der Waals surface area contributed by atoms with Crippen molar-refractivity contribution in [2.45, 2.75) is 75.0 Å². The van der Waals surface area contributed by atoms with Gasteiger partial charge >= 0.3 is 0 Å². The third-order valence-electron chi connectivity index (χ3n) is 7.25. The number of rotatable bonds is 10. The minimum Gasteiger partial charge on any atom is -0.353 e. The summed E-state index contributed by atoms with van der Waals surface area (Å²) in [6.45, 7) is 1.36. The fraction of sp³-hybridized carbons (Fsp3) is 0.538. The Hall–Kier alpha value is -2.33. The second-order valence-electron chi connectivity index (χ2n) is 9.92. The molecule has 3 atom stereocenters. The first kappa shape index (κ1) is 25.8. The summed E-state index contributed by atoms with van der Waals surface area (Å²) in [7, 11) is -3.88. The van der Waals surface area contributed by atoms with Gasteiger partial charge in [0.15, 0.2) is 6.29 Å². The SMILES string of the molecule is NS(=O)(=O)c1ccccc1CC1(Cc2ccc(CCOC3CCCCO3)cc2)CCC([N+](=O)[O-])C1. The van der Waals surface area contributed by atoms with Crippen LogP contribution in [0.1, 0.15) is 55.2 Å². The summed E-state index contributed by atoms with van der Waals surface area (Å²) >= 11 is 0. The highest BCUT2D eigenvalue weighted by molar-refractivity contribution is 7.89. The van der Waals surface area contributed by atoms with Gasteiger partial charge in [-0.05, 0) is 73.1 Å². The average molecular weight is 503 g/mol. The van der Waals surface area contributed by atoms with E-state index in [1.165, 1.54) is 6.07 Å². The summed E-state index contributed by atoms with van der Waals surface area (Å²) in [5.41, 5.74) is 2.47. The molecule has 2 N–H and O–H groups in total. The molecule has 4 rings (SSSR count). The molecule has 0 bridgehead atoms. The number of primary sulfonamides is 1. The lowest BCUT2D eigenvalue weighted by atomic mass is 9.75. The number of hydrogen-bond donors (Lipinski definition) is 1. The van der Waals surface area contributed by atoms with E-state index in [1.54, 1.807) is 18.2 Å². The molecule has 2 aromatic rings. The van der Waals surface area contributed by atoms with Gasteiger partial charge in [-0.15, -0.1) is 0 Å². The standard InChI is InChI=1S/C26H34N2O6S/c27-35(31,32)24-6-2-1-5-22(24)18-26(14-12-23(19-26)28(29)30)17-21-10-8-20(9-11-21)13-16-34-25-7-3-4-15-33-25/h1-2,5-6,8-11,23,25H,3-4,7,12-19H2,(H2,27,31,32). The molecule has 2 aliphatic rings. The van der Waals surface area contributed by atoms with Crippen molar-refractivity contribution in [3.63, 3.8) is 0 Å². The molecular formula is C26H34N2O6S. The van der Waals surface area contributed by atoms with Crippen LogP contribution in [0.25, 0.3) is 0 Å². The number of nitrogens with two attached hydrogens (primary N) is 1. The van der Waals surface area contributed by atoms with Gasteiger partial charge < -0.3 is 9.47 Å². The van der Waals surface area contributed by atoms with Gasteiger partial charge in [0.25, 0.3) is 0 Å². The molecule has 8 nitrogen and oxygen atoms in total. The largest absolute Gasteiger partial charge is 0.353 e. The molecule has 0 aromatic heterocycles. The second kappa shape index (κ2) is 11.2. The second-order valence-corrected chi connectivity index (χ2v) is 11.5. The fourth-order valence-electron chi connectivity index (χ4n) is 5.48. The van der Waals surface area contributed by atoms with Crippen molar-refractivity contribution in [2.24, 2.45) is 10.6 Å². The summed E-state index contributed by atoms with van der Waals surface area (Å²) < 4.78 is 35.7. The maximum atomic E-state index is 12.1. The Bertz CT molecular complexity index is 1110. The molecule has 0 spiro atoms.